The predicted octanol–water partition coefficient (Wildman–Crippen LogP) is 3.80. The van der Waals surface area contributed by atoms with Crippen LogP contribution in [0.4, 0.5) is 5.69 Å². The van der Waals surface area contributed by atoms with Crippen LogP contribution in [-0.4, -0.2) is 44.2 Å². The molecule has 0 radical (unpaired) electrons. The largest absolute Gasteiger partial charge is 0.378 e. The molecule has 1 saturated heterocycles. The second-order valence-electron chi connectivity index (χ2n) is 8.11. The minimum atomic E-state index is -0.669. The molecular formula is C26H29N3O3S. The molecule has 0 bridgehead atoms. The number of anilines is 1. The molecule has 33 heavy (non-hydrogen) atoms. The first-order valence-corrected chi connectivity index (χ1v) is 12.1. The minimum Gasteiger partial charge on any atom is -0.378 e. The van der Waals surface area contributed by atoms with Gasteiger partial charge in [-0.3, -0.25) is 9.59 Å². The van der Waals surface area contributed by atoms with Crippen molar-refractivity contribution in [1.29, 1.82) is 0 Å². The normalized spacial score (nSPS) is 15.5. The van der Waals surface area contributed by atoms with Gasteiger partial charge in [0.25, 0.3) is 5.91 Å². The highest BCUT2D eigenvalue weighted by Crippen LogP contribution is 2.20. The number of carbonyl (C=O) groups is 2. The molecule has 1 aromatic heterocycles. The summed E-state index contributed by atoms with van der Waals surface area (Å²) in [6.45, 7) is 5.22. The van der Waals surface area contributed by atoms with E-state index >= 15 is 0 Å². The van der Waals surface area contributed by atoms with Crippen LogP contribution in [0.5, 0.6) is 0 Å². The van der Waals surface area contributed by atoms with E-state index in [0.717, 1.165) is 43.1 Å². The molecule has 1 fully saturated rings. The van der Waals surface area contributed by atoms with Crippen molar-refractivity contribution in [2.24, 2.45) is 0 Å². The van der Waals surface area contributed by atoms with Gasteiger partial charge >= 0.3 is 0 Å². The van der Waals surface area contributed by atoms with E-state index in [1.807, 2.05) is 60.8 Å². The molecule has 0 spiro atoms. The number of ether oxygens (including phenoxy) is 1. The lowest BCUT2D eigenvalue weighted by Gasteiger charge is -2.29. The van der Waals surface area contributed by atoms with Crippen molar-refractivity contribution < 1.29 is 14.3 Å². The van der Waals surface area contributed by atoms with Gasteiger partial charge in [0.05, 0.1) is 24.1 Å². The van der Waals surface area contributed by atoms with Gasteiger partial charge in [0, 0.05) is 25.2 Å². The molecule has 2 amide bonds. The molecule has 172 valence electrons. The van der Waals surface area contributed by atoms with Crippen molar-refractivity contribution in [2.75, 3.05) is 31.2 Å². The fourth-order valence-corrected chi connectivity index (χ4v) is 4.52. The van der Waals surface area contributed by atoms with E-state index in [1.165, 1.54) is 11.3 Å². The van der Waals surface area contributed by atoms with Crippen LogP contribution >= 0.6 is 11.3 Å². The lowest BCUT2D eigenvalue weighted by molar-refractivity contribution is -0.123. The smallest absolute Gasteiger partial charge is 0.262 e. The Bertz CT molecular complexity index is 1030. The van der Waals surface area contributed by atoms with Crippen molar-refractivity contribution in [2.45, 2.75) is 25.4 Å². The van der Waals surface area contributed by atoms with E-state index in [9.17, 15) is 9.59 Å². The standard InChI is InChI=1S/C26H29N3O3S/c1-19(21-9-11-22(12-10-21)29-13-15-32-16-14-29)27-25(30)23(18-20-6-3-2-4-7-20)28-26(31)24-8-5-17-33-24/h2-12,17,19,23H,13-16,18H2,1H3,(H,27,30)(H,28,31)/t19-,23+/m0/s1. The Morgan fingerprint density at radius 2 is 1.70 bits per heavy atom. The summed E-state index contributed by atoms with van der Waals surface area (Å²) < 4.78 is 5.42. The Morgan fingerprint density at radius 1 is 0.970 bits per heavy atom. The lowest BCUT2D eigenvalue weighted by atomic mass is 10.0. The molecule has 7 heteroatoms. The van der Waals surface area contributed by atoms with Crippen molar-refractivity contribution in [3.05, 3.63) is 88.1 Å². The highest BCUT2D eigenvalue weighted by molar-refractivity contribution is 7.12. The van der Waals surface area contributed by atoms with E-state index in [2.05, 4.69) is 27.7 Å². The maximum atomic E-state index is 13.2. The highest BCUT2D eigenvalue weighted by Gasteiger charge is 2.24. The van der Waals surface area contributed by atoms with E-state index in [1.54, 1.807) is 6.07 Å². The number of carbonyl (C=O) groups excluding carboxylic acids is 2. The number of thiophene rings is 1. The number of amides is 2. The Hall–Kier alpha value is -3.16. The fraction of sp³-hybridized carbons (Fsp3) is 0.308. The van der Waals surface area contributed by atoms with Crippen LogP contribution in [0, 0.1) is 0 Å². The van der Waals surface area contributed by atoms with Gasteiger partial charge < -0.3 is 20.3 Å². The Kier molecular flexibility index (Phi) is 7.75. The molecule has 2 heterocycles. The van der Waals surface area contributed by atoms with Crippen LogP contribution in [0.1, 0.15) is 33.8 Å². The number of hydrogen-bond acceptors (Lipinski definition) is 5. The average Bonchev–Trinajstić information content (AvgIpc) is 3.40. The summed E-state index contributed by atoms with van der Waals surface area (Å²) >= 11 is 1.36. The molecule has 6 nitrogen and oxygen atoms in total. The van der Waals surface area contributed by atoms with E-state index in [4.69, 9.17) is 4.74 Å². The van der Waals surface area contributed by atoms with Crippen molar-refractivity contribution in [3.8, 4) is 0 Å². The van der Waals surface area contributed by atoms with Gasteiger partial charge in [0.2, 0.25) is 5.91 Å². The molecule has 0 aliphatic carbocycles. The third kappa shape index (κ3) is 6.21. The van der Waals surface area contributed by atoms with Crippen molar-refractivity contribution >= 4 is 28.8 Å². The van der Waals surface area contributed by atoms with Crippen LogP contribution in [0.3, 0.4) is 0 Å². The molecule has 1 aliphatic heterocycles. The molecule has 4 rings (SSSR count). The summed E-state index contributed by atoms with van der Waals surface area (Å²) in [6, 6.07) is 20.7. The zero-order valence-corrected chi connectivity index (χ0v) is 19.5. The van der Waals surface area contributed by atoms with Crippen LogP contribution < -0.4 is 15.5 Å². The monoisotopic (exact) mass is 463 g/mol. The molecule has 2 atom stereocenters. The number of benzene rings is 2. The van der Waals surface area contributed by atoms with Gasteiger partial charge in [-0.15, -0.1) is 11.3 Å². The summed E-state index contributed by atoms with van der Waals surface area (Å²) in [5.41, 5.74) is 3.17. The molecule has 2 aromatic carbocycles. The zero-order chi connectivity index (χ0) is 23.0. The van der Waals surface area contributed by atoms with E-state index in [0.29, 0.717) is 11.3 Å². The minimum absolute atomic E-state index is 0.187. The van der Waals surface area contributed by atoms with Crippen molar-refractivity contribution in [1.82, 2.24) is 10.6 Å². The molecule has 1 aliphatic rings. The maximum Gasteiger partial charge on any atom is 0.262 e. The summed E-state index contributed by atoms with van der Waals surface area (Å²) in [4.78, 5) is 28.8. The van der Waals surface area contributed by atoms with Gasteiger partial charge in [0.1, 0.15) is 6.04 Å². The fourth-order valence-electron chi connectivity index (χ4n) is 3.89. The summed E-state index contributed by atoms with van der Waals surface area (Å²) in [6.07, 6.45) is 0.423. The van der Waals surface area contributed by atoms with Gasteiger partial charge in [-0.1, -0.05) is 48.5 Å². The average molecular weight is 464 g/mol. The first-order chi connectivity index (χ1) is 16.1. The maximum absolute atomic E-state index is 13.2. The molecule has 0 unspecified atom stereocenters. The molecule has 0 saturated carbocycles. The number of nitrogens with one attached hydrogen (secondary N) is 2. The number of rotatable bonds is 8. The first-order valence-electron chi connectivity index (χ1n) is 11.2. The summed E-state index contributed by atoms with van der Waals surface area (Å²) in [5, 5.41) is 7.85. The Morgan fingerprint density at radius 3 is 2.36 bits per heavy atom. The Balaban J connectivity index is 1.43. The highest BCUT2D eigenvalue weighted by atomic mass is 32.1. The zero-order valence-electron chi connectivity index (χ0n) is 18.7. The van der Waals surface area contributed by atoms with Gasteiger partial charge in [-0.2, -0.15) is 0 Å². The van der Waals surface area contributed by atoms with E-state index in [-0.39, 0.29) is 17.9 Å². The van der Waals surface area contributed by atoms with Crippen LogP contribution in [0.25, 0.3) is 0 Å². The van der Waals surface area contributed by atoms with Crippen LogP contribution in [0.2, 0.25) is 0 Å². The van der Waals surface area contributed by atoms with Gasteiger partial charge in [0.15, 0.2) is 0 Å². The lowest BCUT2D eigenvalue weighted by Crippen LogP contribution is -2.48. The Labute approximate surface area is 198 Å². The quantitative estimate of drug-likeness (QED) is 0.533. The molecule has 2 N–H and O–H groups in total. The van der Waals surface area contributed by atoms with Crippen LogP contribution in [-0.2, 0) is 16.0 Å². The molecular weight excluding hydrogens is 434 g/mol. The SMILES string of the molecule is C[C@H](NC(=O)[C@@H](Cc1ccccc1)NC(=O)c1cccs1)c1ccc(N2CCOCC2)cc1. The second-order valence-corrected chi connectivity index (χ2v) is 9.06. The number of hydrogen-bond donors (Lipinski definition) is 2. The number of morpholine rings is 1. The third-order valence-corrected chi connectivity index (χ3v) is 6.65. The molecule has 3 aromatic rings. The second kappa shape index (κ2) is 11.1. The number of nitrogens with zero attached hydrogens (tertiary/aromatic N) is 1. The topological polar surface area (TPSA) is 70.7 Å². The van der Waals surface area contributed by atoms with Crippen LogP contribution in [0.15, 0.2) is 72.1 Å². The summed E-state index contributed by atoms with van der Waals surface area (Å²) in [7, 11) is 0. The van der Waals surface area contributed by atoms with Crippen molar-refractivity contribution in [3.63, 3.8) is 0 Å². The van der Waals surface area contributed by atoms with Gasteiger partial charge in [-0.05, 0) is 41.6 Å². The third-order valence-electron chi connectivity index (χ3n) is 5.78. The van der Waals surface area contributed by atoms with E-state index < -0.39 is 6.04 Å². The summed E-state index contributed by atoms with van der Waals surface area (Å²) in [5.74, 6) is -0.433. The first kappa shape index (κ1) is 23.0. The van der Waals surface area contributed by atoms with Gasteiger partial charge in [-0.25, -0.2) is 0 Å². The predicted molar refractivity (Wildman–Crippen MR) is 132 cm³/mol.